The molecule has 102 valence electrons. The molecular weight excluding hydrogens is 354 g/mol. The highest BCUT2D eigenvalue weighted by atomic mass is 79.9. The maximum absolute atomic E-state index is 11.5. The van der Waals surface area contributed by atoms with E-state index in [2.05, 4.69) is 26.1 Å². The van der Waals surface area contributed by atoms with Crippen molar-refractivity contribution in [1.29, 1.82) is 0 Å². The predicted molar refractivity (Wildman–Crippen MR) is 76.6 cm³/mol. The van der Waals surface area contributed by atoms with Gasteiger partial charge in [0.05, 0.1) is 0 Å². The summed E-state index contributed by atoms with van der Waals surface area (Å²) in [6.07, 6.45) is 0. The predicted octanol–water partition coefficient (Wildman–Crippen LogP) is 3.22. The molecule has 8 heteroatoms. The molecule has 0 saturated heterocycles. The van der Waals surface area contributed by atoms with Crippen molar-refractivity contribution in [2.75, 3.05) is 0 Å². The van der Waals surface area contributed by atoms with E-state index in [1.54, 1.807) is 0 Å². The summed E-state index contributed by atoms with van der Waals surface area (Å²) in [5.41, 5.74) is 0.766. The van der Waals surface area contributed by atoms with Crippen molar-refractivity contribution >= 4 is 35.7 Å². The topological polar surface area (TPSA) is 64.8 Å². The van der Waals surface area contributed by atoms with Gasteiger partial charge in [-0.1, -0.05) is 28.1 Å². The number of nitrogens with zero attached hydrogens (tertiary/aromatic N) is 3. The standard InChI is InChI=1S/C11H11BrClN3O2S/c1-7(2)16-10(8-4-3-5-9(12)6-8)14-15-11(16)19(13,17)18/h3-7H,1-2H3. The van der Waals surface area contributed by atoms with Crippen molar-refractivity contribution in [3.8, 4) is 11.4 Å². The summed E-state index contributed by atoms with van der Waals surface area (Å²) >= 11 is 3.37. The number of aromatic nitrogens is 3. The molecule has 2 rings (SSSR count). The molecule has 1 heterocycles. The number of hydrogen-bond donors (Lipinski definition) is 0. The van der Waals surface area contributed by atoms with E-state index in [0.29, 0.717) is 5.82 Å². The van der Waals surface area contributed by atoms with Gasteiger partial charge in [-0.25, -0.2) is 8.42 Å². The van der Waals surface area contributed by atoms with Gasteiger partial charge in [0.1, 0.15) is 0 Å². The molecule has 0 fully saturated rings. The van der Waals surface area contributed by atoms with Crippen LogP contribution in [0.2, 0.25) is 0 Å². The Hall–Kier alpha value is -0.920. The van der Waals surface area contributed by atoms with E-state index in [-0.39, 0.29) is 11.2 Å². The van der Waals surface area contributed by atoms with Crippen LogP contribution >= 0.6 is 26.6 Å². The maximum Gasteiger partial charge on any atom is 0.296 e. The molecule has 0 aliphatic heterocycles. The molecule has 0 bridgehead atoms. The van der Waals surface area contributed by atoms with Crippen LogP contribution in [-0.2, 0) is 9.05 Å². The van der Waals surface area contributed by atoms with Crippen LogP contribution in [0.5, 0.6) is 0 Å². The molecule has 0 aliphatic rings. The Morgan fingerprint density at radius 1 is 1.32 bits per heavy atom. The molecular formula is C11H11BrClN3O2S. The average molecular weight is 365 g/mol. The Bertz CT molecular complexity index is 712. The Balaban J connectivity index is 2.69. The van der Waals surface area contributed by atoms with Crippen LogP contribution < -0.4 is 0 Å². The molecule has 2 aromatic rings. The third kappa shape index (κ3) is 2.98. The highest BCUT2D eigenvalue weighted by molar-refractivity contribution is 9.10. The fraction of sp³-hybridized carbons (Fsp3) is 0.273. The zero-order valence-electron chi connectivity index (χ0n) is 10.2. The quantitative estimate of drug-likeness (QED) is 0.784. The zero-order valence-corrected chi connectivity index (χ0v) is 13.4. The van der Waals surface area contributed by atoms with Crippen LogP contribution in [0.25, 0.3) is 11.4 Å². The van der Waals surface area contributed by atoms with E-state index >= 15 is 0 Å². The number of rotatable bonds is 3. The third-order valence-corrected chi connectivity index (χ3v) is 4.10. The van der Waals surface area contributed by atoms with E-state index in [9.17, 15) is 8.42 Å². The lowest BCUT2D eigenvalue weighted by Gasteiger charge is -2.12. The van der Waals surface area contributed by atoms with Crippen molar-refractivity contribution < 1.29 is 8.42 Å². The number of benzene rings is 1. The van der Waals surface area contributed by atoms with Gasteiger partial charge in [0.25, 0.3) is 14.2 Å². The zero-order chi connectivity index (χ0) is 14.2. The molecule has 0 atom stereocenters. The van der Waals surface area contributed by atoms with Crippen LogP contribution in [0.15, 0.2) is 33.9 Å². The van der Waals surface area contributed by atoms with Gasteiger partial charge in [-0.05, 0) is 26.0 Å². The summed E-state index contributed by atoms with van der Waals surface area (Å²) in [5, 5.41) is 7.40. The van der Waals surface area contributed by atoms with Crippen LogP contribution in [-0.4, -0.2) is 23.2 Å². The minimum atomic E-state index is -3.93. The first-order valence-corrected chi connectivity index (χ1v) is 8.56. The van der Waals surface area contributed by atoms with Crippen LogP contribution in [0.3, 0.4) is 0 Å². The lowest BCUT2D eigenvalue weighted by Crippen LogP contribution is -2.10. The SMILES string of the molecule is CC(C)n1c(-c2cccc(Br)c2)nnc1S(=O)(=O)Cl. The third-order valence-electron chi connectivity index (χ3n) is 2.48. The second kappa shape index (κ2) is 5.22. The average Bonchev–Trinajstić information content (AvgIpc) is 2.72. The van der Waals surface area contributed by atoms with Crippen molar-refractivity contribution in [1.82, 2.24) is 14.8 Å². The molecule has 0 spiro atoms. The van der Waals surface area contributed by atoms with Gasteiger partial charge >= 0.3 is 0 Å². The molecule has 1 aromatic heterocycles. The van der Waals surface area contributed by atoms with Gasteiger partial charge in [0, 0.05) is 26.8 Å². The Morgan fingerprint density at radius 3 is 2.53 bits per heavy atom. The molecule has 0 N–H and O–H groups in total. The van der Waals surface area contributed by atoms with E-state index in [1.165, 1.54) is 4.57 Å². The van der Waals surface area contributed by atoms with Gasteiger partial charge in [-0.3, -0.25) is 4.57 Å². The van der Waals surface area contributed by atoms with Gasteiger partial charge in [0.15, 0.2) is 5.82 Å². The Labute approximate surface area is 124 Å². The molecule has 0 amide bonds. The van der Waals surface area contributed by atoms with Crippen molar-refractivity contribution in [2.24, 2.45) is 0 Å². The van der Waals surface area contributed by atoms with Crippen molar-refractivity contribution in [2.45, 2.75) is 25.0 Å². The van der Waals surface area contributed by atoms with Crippen molar-refractivity contribution in [3.63, 3.8) is 0 Å². The van der Waals surface area contributed by atoms with Gasteiger partial charge < -0.3 is 0 Å². The van der Waals surface area contributed by atoms with Crippen LogP contribution in [0.4, 0.5) is 0 Å². The normalized spacial score (nSPS) is 12.1. The summed E-state index contributed by atoms with van der Waals surface area (Å²) in [7, 11) is 1.45. The molecule has 5 nitrogen and oxygen atoms in total. The fourth-order valence-corrected chi connectivity index (χ4v) is 3.12. The minimum absolute atomic E-state index is 0.132. The summed E-state index contributed by atoms with van der Waals surface area (Å²) in [6.45, 7) is 3.69. The Morgan fingerprint density at radius 2 is 2.00 bits per heavy atom. The molecule has 0 unspecified atom stereocenters. The summed E-state index contributed by atoms with van der Waals surface area (Å²) in [5.74, 6) is 0.468. The molecule has 19 heavy (non-hydrogen) atoms. The van der Waals surface area contributed by atoms with Crippen molar-refractivity contribution in [3.05, 3.63) is 28.7 Å². The van der Waals surface area contributed by atoms with E-state index in [4.69, 9.17) is 10.7 Å². The first-order valence-electron chi connectivity index (χ1n) is 5.46. The first-order chi connectivity index (χ1) is 8.80. The minimum Gasteiger partial charge on any atom is -0.294 e. The monoisotopic (exact) mass is 363 g/mol. The smallest absolute Gasteiger partial charge is 0.294 e. The summed E-state index contributed by atoms with van der Waals surface area (Å²) < 4.78 is 25.4. The lowest BCUT2D eigenvalue weighted by molar-refractivity contribution is 0.530. The van der Waals surface area contributed by atoms with Crippen LogP contribution in [0.1, 0.15) is 19.9 Å². The molecule has 0 aliphatic carbocycles. The van der Waals surface area contributed by atoms with E-state index in [0.717, 1.165) is 10.0 Å². The molecule has 0 radical (unpaired) electrons. The summed E-state index contributed by atoms with van der Waals surface area (Å²) in [6, 6.07) is 7.26. The highest BCUT2D eigenvalue weighted by Crippen LogP contribution is 2.27. The van der Waals surface area contributed by atoms with Gasteiger partial charge in [-0.2, -0.15) is 0 Å². The van der Waals surface area contributed by atoms with Gasteiger partial charge in [0.2, 0.25) is 0 Å². The van der Waals surface area contributed by atoms with Crippen LogP contribution in [0, 0.1) is 0 Å². The maximum atomic E-state index is 11.5. The molecule has 0 saturated carbocycles. The highest BCUT2D eigenvalue weighted by Gasteiger charge is 2.24. The second-order valence-electron chi connectivity index (χ2n) is 4.22. The molecule has 1 aromatic carbocycles. The second-order valence-corrected chi connectivity index (χ2v) is 7.59. The van der Waals surface area contributed by atoms with E-state index in [1.807, 2.05) is 38.1 Å². The lowest BCUT2D eigenvalue weighted by atomic mass is 10.2. The fourth-order valence-electron chi connectivity index (χ4n) is 1.73. The summed E-state index contributed by atoms with van der Waals surface area (Å²) in [4.78, 5) is 0. The number of halogens is 2. The van der Waals surface area contributed by atoms with E-state index < -0.39 is 9.05 Å². The number of hydrogen-bond acceptors (Lipinski definition) is 4. The van der Waals surface area contributed by atoms with Gasteiger partial charge in [-0.15, -0.1) is 10.2 Å². The largest absolute Gasteiger partial charge is 0.296 e. The first kappa shape index (κ1) is 14.5. The Kier molecular flexibility index (Phi) is 3.98.